The minimum Gasteiger partial charge on any atom is -0.393 e. The summed E-state index contributed by atoms with van der Waals surface area (Å²) in [5, 5.41) is 19.7. The number of aliphatic hydroxyl groups is 2. The van der Waals surface area contributed by atoms with E-state index in [0.717, 1.165) is 11.1 Å². The standard InChI is InChI=1S/C20H22FN5O2/c21-20(10-27)5-7-25(8-6-20)18-17-19(23-11-22-18)26(12-24-17)15-9-16(28)14-4-2-1-3-13(14)15/h1-4,11-12,15-16,27-28H,5-10H2. The summed E-state index contributed by atoms with van der Waals surface area (Å²) in [7, 11) is 0. The van der Waals surface area contributed by atoms with Crippen molar-refractivity contribution in [3.05, 3.63) is 48.0 Å². The molecule has 2 atom stereocenters. The Morgan fingerprint density at radius 3 is 2.61 bits per heavy atom. The largest absolute Gasteiger partial charge is 0.393 e. The molecule has 2 aliphatic rings. The summed E-state index contributed by atoms with van der Waals surface area (Å²) in [5.74, 6) is 0.690. The number of benzene rings is 1. The van der Waals surface area contributed by atoms with Crippen LogP contribution in [0.1, 0.15) is 42.5 Å². The Hall–Kier alpha value is -2.58. The molecule has 3 heterocycles. The number of fused-ring (bicyclic) bond motifs is 2. The Balaban J connectivity index is 1.51. The smallest absolute Gasteiger partial charge is 0.166 e. The van der Waals surface area contributed by atoms with E-state index in [-0.39, 0.29) is 18.9 Å². The van der Waals surface area contributed by atoms with Crippen molar-refractivity contribution in [3.8, 4) is 0 Å². The molecular weight excluding hydrogens is 361 g/mol. The van der Waals surface area contributed by atoms with Gasteiger partial charge in [0, 0.05) is 32.4 Å². The lowest BCUT2D eigenvalue weighted by Crippen LogP contribution is -2.44. The van der Waals surface area contributed by atoms with Crippen LogP contribution in [0.25, 0.3) is 11.2 Å². The topological polar surface area (TPSA) is 87.3 Å². The van der Waals surface area contributed by atoms with Gasteiger partial charge in [-0.05, 0) is 11.1 Å². The summed E-state index contributed by atoms with van der Waals surface area (Å²) in [5.41, 5.74) is 1.90. The number of nitrogens with zero attached hydrogens (tertiary/aromatic N) is 5. The third-order valence-corrected chi connectivity index (χ3v) is 6.08. The van der Waals surface area contributed by atoms with Crippen LogP contribution in [0.2, 0.25) is 0 Å². The van der Waals surface area contributed by atoms with Crippen molar-refractivity contribution in [2.24, 2.45) is 0 Å². The van der Waals surface area contributed by atoms with Gasteiger partial charge in [0.25, 0.3) is 0 Å². The van der Waals surface area contributed by atoms with E-state index in [0.29, 0.717) is 36.5 Å². The lowest BCUT2D eigenvalue weighted by Gasteiger charge is -2.35. The van der Waals surface area contributed by atoms with Gasteiger partial charge in [0.05, 0.1) is 25.1 Å². The maximum absolute atomic E-state index is 14.3. The summed E-state index contributed by atoms with van der Waals surface area (Å²) >= 11 is 0. The van der Waals surface area contributed by atoms with Crippen molar-refractivity contribution in [1.29, 1.82) is 0 Å². The summed E-state index contributed by atoms with van der Waals surface area (Å²) in [6.07, 6.45) is 3.86. The maximum Gasteiger partial charge on any atom is 0.166 e. The van der Waals surface area contributed by atoms with Crippen LogP contribution in [0.5, 0.6) is 0 Å². The maximum atomic E-state index is 14.3. The van der Waals surface area contributed by atoms with Crippen LogP contribution in [-0.4, -0.2) is 55.1 Å². The van der Waals surface area contributed by atoms with Gasteiger partial charge in [-0.15, -0.1) is 0 Å². The highest BCUT2D eigenvalue weighted by molar-refractivity contribution is 5.83. The molecule has 1 fully saturated rings. The van der Waals surface area contributed by atoms with Gasteiger partial charge < -0.3 is 19.7 Å². The number of halogens is 1. The van der Waals surface area contributed by atoms with Crippen molar-refractivity contribution < 1.29 is 14.6 Å². The van der Waals surface area contributed by atoms with Crippen molar-refractivity contribution in [2.45, 2.75) is 37.1 Å². The number of piperidine rings is 1. The first-order valence-corrected chi connectivity index (χ1v) is 9.59. The molecular formula is C20H22FN5O2. The molecule has 3 aromatic rings. The Bertz CT molecular complexity index is 1010. The van der Waals surface area contributed by atoms with E-state index < -0.39 is 18.4 Å². The SMILES string of the molecule is OCC1(F)CCN(c2ncnc3c2ncn3C2CC(O)c3ccccc32)CC1. The van der Waals surface area contributed by atoms with Gasteiger partial charge in [-0.25, -0.2) is 19.3 Å². The van der Waals surface area contributed by atoms with Gasteiger partial charge >= 0.3 is 0 Å². The Morgan fingerprint density at radius 2 is 1.86 bits per heavy atom. The zero-order valence-electron chi connectivity index (χ0n) is 15.4. The lowest BCUT2D eigenvalue weighted by atomic mass is 9.94. The number of aromatic nitrogens is 4. The summed E-state index contributed by atoms with van der Waals surface area (Å²) in [4.78, 5) is 15.4. The Morgan fingerprint density at radius 1 is 1.11 bits per heavy atom. The van der Waals surface area contributed by atoms with Crippen LogP contribution in [0, 0.1) is 0 Å². The molecule has 0 amide bonds. The molecule has 2 N–H and O–H groups in total. The van der Waals surface area contributed by atoms with Crippen LogP contribution in [0.15, 0.2) is 36.9 Å². The first-order valence-electron chi connectivity index (χ1n) is 9.59. The zero-order valence-corrected chi connectivity index (χ0v) is 15.4. The molecule has 2 aromatic heterocycles. The van der Waals surface area contributed by atoms with Crippen LogP contribution in [-0.2, 0) is 0 Å². The number of hydrogen-bond acceptors (Lipinski definition) is 6. The molecule has 1 aromatic carbocycles. The van der Waals surface area contributed by atoms with Gasteiger partial charge in [-0.1, -0.05) is 24.3 Å². The quantitative estimate of drug-likeness (QED) is 0.721. The van der Waals surface area contributed by atoms with Crippen molar-refractivity contribution in [3.63, 3.8) is 0 Å². The first-order chi connectivity index (χ1) is 13.6. The number of alkyl halides is 1. The second-order valence-electron chi connectivity index (χ2n) is 7.71. The minimum absolute atomic E-state index is 0.0341. The molecule has 1 saturated heterocycles. The van der Waals surface area contributed by atoms with Gasteiger partial charge in [-0.2, -0.15) is 0 Å². The van der Waals surface area contributed by atoms with Crippen molar-refractivity contribution >= 4 is 17.0 Å². The van der Waals surface area contributed by atoms with E-state index in [1.807, 2.05) is 33.7 Å². The average molecular weight is 383 g/mol. The van der Waals surface area contributed by atoms with Gasteiger partial charge in [-0.3, -0.25) is 0 Å². The molecule has 5 rings (SSSR count). The monoisotopic (exact) mass is 383 g/mol. The van der Waals surface area contributed by atoms with Gasteiger partial charge in [0.1, 0.15) is 12.0 Å². The van der Waals surface area contributed by atoms with Crippen LogP contribution in [0.3, 0.4) is 0 Å². The first kappa shape index (κ1) is 17.5. The molecule has 1 aliphatic heterocycles. The summed E-state index contributed by atoms with van der Waals surface area (Å²) in [6.45, 7) is 0.500. The molecule has 146 valence electrons. The van der Waals surface area contributed by atoms with Crippen LogP contribution in [0.4, 0.5) is 10.2 Å². The molecule has 28 heavy (non-hydrogen) atoms. The molecule has 7 nitrogen and oxygen atoms in total. The molecule has 8 heteroatoms. The van der Waals surface area contributed by atoms with E-state index in [2.05, 4.69) is 15.0 Å². The number of rotatable bonds is 3. The predicted molar refractivity (Wildman–Crippen MR) is 102 cm³/mol. The second kappa shape index (κ2) is 6.49. The fraction of sp³-hybridized carbons (Fsp3) is 0.450. The molecule has 1 aliphatic carbocycles. The number of imidazole rings is 1. The highest BCUT2D eigenvalue weighted by Gasteiger charge is 2.36. The van der Waals surface area contributed by atoms with Gasteiger partial charge in [0.2, 0.25) is 0 Å². The predicted octanol–water partition coefficient (Wildman–Crippen LogP) is 2.15. The Labute approximate surface area is 161 Å². The highest BCUT2D eigenvalue weighted by Crippen LogP contribution is 2.42. The molecule has 0 bridgehead atoms. The number of aliphatic hydroxyl groups excluding tert-OH is 2. The third-order valence-electron chi connectivity index (χ3n) is 6.08. The van der Waals surface area contributed by atoms with E-state index >= 15 is 0 Å². The van der Waals surface area contributed by atoms with Gasteiger partial charge in [0.15, 0.2) is 17.0 Å². The minimum atomic E-state index is -1.51. The van der Waals surface area contributed by atoms with Crippen LogP contribution >= 0.6 is 0 Å². The Kier molecular flexibility index (Phi) is 4.06. The normalized spacial score (nSPS) is 23.9. The number of hydrogen-bond donors (Lipinski definition) is 2. The average Bonchev–Trinajstić information content (AvgIpc) is 3.30. The zero-order chi connectivity index (χ0) is 19.3. The van der Waals surface area contributed by atoms with E-state index in [4.69, 9.17) is 0 Å². The van der Waals surface area contributed by atoms with E-state index in [9.17, 15) is 14.6 Å². The molecule has 0 spiro atoms. The van der Waals surface area contributed by atoms with Crippen molar-refractivity contribution in [2.75, 3.05) is 24.6 Å². The summed E-state index contributed by atoms with van der Waals surface area (Å²) in [6, 6.07) is 7.86. The fourth-order valence-corrected chi connectivity index (χ4v) is 4.42. The highest BCUT2D eigenvalue weighted by atomic mass is 19.1. The number of anilines is 1. The fourth-order valence-electron chi connectivity index (χ4n) is 4.42. The molecule has 0 radical (unpaired) electrons. The molecule has 2 unspecified atom stereocenters. The molecule has 0 saturated carbocycles. The third kappa shape index (κ3) is 2.67. The van der Waals surface area contributed by atoms with Crippen molar-refractivity contribution in [1.82, 2.24) is 19.5 Å². The van der Waals surface area contributed by atoms with Crippen LogP contribution < -0.4 is 4.90 Å². The summed E-state index contributed by atoms with van der Waals surface area (Å²) < 4.78 is 16.3. The van der Waals surface area contributed by atoms with E-state index in [1.54, 1.807) is 6.33 Å². The van der Waals surface area contributed by atoms with E-state index in [1.165, 1.54) is 6.33 Å². The second-order valence-corrected chi connectivity index (χ2v) is 7.71. The lowest BCUT2D eigenvalue weighted by molar-refractivity contribution is 0.0480.